The fraction of sp³-hybridized carbons (Fsp3) is 0. The number of rotatable bonds is 0. The summed E-state index contributed by atoms with van der Waals surface area (Å²) in [5.74, 6) is 0. The lowest BCUT2D eigenvalue weighted by atomic mass is 11.0. The Morgan fingerprint density at radius 2 is 0.857 bits per heavy atom. The summed E-state index contributed by atoms with van der Waals surface area (Å²) in [6.45, 7) is 0. The van der Waals surface area contributed by atoms with Crippen LogP contribution >= 0.6 is 0 Å². The van der Waals surface area contributed by atoms with E-state index in [9.17, 15) is 0 Å². The first-order valence-electron chi connectivity index (χ1n) is 4.82. The van der Waals surface area contributed by atoms with E-state index in [1.165, 1.54) is 21.5 Å². The number of hydrogen-bond donors (Lipinski definition) is 0. The summed E-state index contributed by atoms with van der Waals surface area (Å²) in [4.78, 5) is 0. The quantitative estimate of drug-likeness (QED) is 0.472. The third kappa shape index (κ3) is 1.01. The summed E-state index contributed by atoms with van der Waals surface area (Å²) >= 11 is 0. The molecule has 0 aliphatic rings. The maximum absolute atomic E-state index is 2.18. The molecule has 0 atom stereocenters. The van der Waals surface area contributed by atoms with Crippen molar-refractivity contribution in [3.05, 3.63) is 60.7 Å². The molecule has 0 nitrogen and oxygen atoms in total. The molecule has 0 heteroatoms. The summed E-state index contributed by atoms with van der Waals surface area (Å²) in [6.07, 6.45) is 0. The molecule has 14 heavy (non-hydrogen) atoms. The van der Waals surface area contributed by atoms with Crippen molar-refractivity contribution in [3.63, 3.8) is 0 Å². The summed E-state index contributed by atoms with van der Waals surface area (Å²) in [7, 11) is 0. The van der Waals surface area contributed by atoms with Crippen LogP contribution in [0.25, 0.3) is 21.5 Å². The maximum Gasteiger partial charge on any atom is -0.0105 e. The highest BCUT2D eigenvalue weighted by atomic mass is 15.0. The summed E-state index contributed by atoms with van der Waals surface area (Å²) in [5, 5.41) is 5.30. The van der Waals surface area contributed by atoms with E-state index in [0.717, 1.165) is 0 Å². The number of hydrogen-bond acceptors (Lipinski definition) is 0. The van der Waals surface area contributed by atoms with Crippen LogP contribution in [0.2, 0.25) is 0 Å². The van der Waals surface area contributed by atoms with Gasteiger partial charge in [0.25, 0.3) is 0 Å². The van der Waals surface area contributed by atoms with Crippen LogP contribution in [0.4, 0.5) is 0 Å². The zero-order valence-electron chi connectivity index (χ0n) is 7.77. The van der Waals surface area contributed by atoms with Crippen LogP contribution in [0.5, 0.6) is 0 Å². The van der Waals surface area contributed by atoms with E-state index in [1.54, 1.807) is 0 Å². The van der Waals surface area contributed by atoms with Crippen molar-refractivity contribution in [2.45, 2.75) is 0 Å². The first-order chi connectivity index (χ1) is 6.95. The van der Waals surface area contributed by atoms with Gasteiger partial charge in [0.15, 0.2) is 0 Å². The molecule has 0 aromatic heterocycles. The van der Waals surface area contributed by atoms with Gasteiger partial charge in [-0.15, -0.1) is 0 Å². The molecule has 0 amide bonds. The van der Waals surface area contributed by atoms with Gasteiger partial charge in [-0.05, 0) is 21.5 Å². The molecule has 0 aliphatic heterocycles. The Hall–Kier alpha value is -1.82. The minimum atomic E-state index is 1.31. The van der Waals surface area contributed by atoms with Crippen molar-refractivity contribution in [3.8, 4) is 0 Å². The Balaban J connectivity index is 2.61. The minimum absolute atomic E-state index is 1.31. The third-order valence-electron chi connectivity index (χ3n) is 2.65. The SMILES string of the molecule is [13cH]1[13cH][13cH][13c]2[13c]([13cH]1)[13cH][13cH][13c]1[13cH][13cH][13cH][13cH][13c]12. The molecular formula is C14H10. The van der Waals surface area contributed by atoms with Crippen molar-refractivity contribution in [2.24, 2.45) is 0 Å². The van der Waals surface area contributed by atoms with Crippen molar-refractivity contribution in [2.75, 3.05) is 0 Å². The molecule has 0 spiro atoms. The molecule has 0 bridgehead atoms. The van der Waals surface area contributed by atoms with Gasteiger partial charge in [-0.2, -0.15) is 0 Å². The molecule has 0 unspecified atom stereocenters. The molecule has 0 saturated carbocycles. The van der Waals surface area contributed by atoms with Crippen LogP contribution < -0.4 is 0 Å². The van der Waals surface area contributed by atoms with E-state index >= 15 is 0 Å². The molecule has 0 heterocycles. The first-order valence-corrected chi connectivity index (χ1v) is 4.82. The molecule has 3 aromatic carbocycles. The van der Waals surface area contributed by atoms with Gasteiger partial charge < -0.3 is 0 Å². The molecule has 0 fully saturated rings. The predicted molar refractivity (Wildman–Crippen MR) is 61.5 cm³/mol. The molecule has 0 aliphatic carbocycles. The van der Waals surface area contributed by atoms with E-state index in [-0.39, 0.29) is 0 Å². The van der Waals surface area contributed by atoms with E-state index in [2.05, 4.69) is 60.7 Å². The van der Waals surface area contributed by atoms with Crippen molar-refractivity contribution in [1.29, 1.82) is 0 Å². The second-order valence-electron chi connectivity index (χ2n) is 3.51. The molecule has 0 N–H and O–H groups in total. The Morgan fingerprint density at radius 1 is 0.429 bits per heavy atom. The molecule has 0 radical (unpaired) electrons. The summed E-state index contributed by atoms with van der Waals surface area (Å²) in [6, 6.07) is 21.4. The second kappa shape index (κ2) is 2.85. The normalized spacial score (nSPS) is 10.9. The highest BCUT2D eigenvalue weighted by Gasteiger charge is 1.97. The zero-order chi connectivity index (χ0) is 9.38. The maximum atomic E-state index is 2.18. The Kier molecular flexibility index (Phi) is 1.54. The van der Waals surface area contributed by atoms with Gasteiger partial charge in [0.05, 0.1) is 0 Å². The lowest BCUT2D eigenvalue weighted by Gasteiger charge is -2.02. The molecule has 0 saturated heterocycles. The van der Waals surface area contributed by atoms with Crippen LogP contribution in [-0.4, -0.2) is 0 Å². The topological polar surface area (TPSA) is 0 Å². The Labute approximate surface area is 82.8 Å². The molecular weight excluding hydrogens is 182 g/mol. The summed E-state index contributed by atoms with van der Waals surface area (Å²) < 4.78 is 0. The van der Waals surface area contributed by atoms with E-state index in [4.69, 9.17) is 0 Å². The van der Waals surface area contributed by atoms with Crippen LogP contribution in [-0.2, 0) is 0 Å². The van der Waals surface area contributed by atoms with Gasteiger partial charge in [-0.25, -0.2) is 0 Å². The van der Waals surface area contributed by atoms with Gasteiger partial charge in [0, 0.05) is 0 Å². The summed E-state index contributed by atoms with van der Waals surface area (Å²) in [5.41, 5.74) is 0. The van der Waals surface area contributed by atoms with Gasteiger partial charge in [0.2, 0.25) is 0 Å². The fourth-order valence-corrected chi connectivity index (χ4v) is 1.95. The fourth-order valence-electron chi connectivity index (χ4n) is 1.95. The van der Waals surface area contributed by atoms with Gasteiger partial charge in [0.1, 0.15) is 0 Å². The lowest BCUT2D eigenvalue weighted by molar-refractivity contribution is 1.76. The van der Waals surface area contributed by atoms with E-state index in [1.807, 2.05) is 0 Å². The first kappa shape index (κ1) is 7.57. The third-order valence-corrected chi connectivity index (χ3v) is 2.65. The molecule has 3 aromatic rings. The number of fused-ring (bicyclic) bond motifs is 3. The minimum Gasteiger partial charge on any atom is -0.0616 e. The van der Waals surface area contributed by atoms with Crippen LogP contribution in [0, 0.1) is 0 Å². The largest absolute Gasteiger partial charge is 0.0616 e. The van der Waals surface area contributed by atoms with E-state index in [0.29, 0.717) is 0 Å². The van der Waals surface area contributed by atoms with Crippen molar-refractivity contribution < 1.29 is 0 Å². The van der Waals surface area contributed by atoms with Gasteiger partial charge in [-0.1, -0.05) is 60.7 Å². The van der Waals surface area contributed by atoms with E-state index < -0.39 is 0 Å². The van der Waals surface area contributed by atoms with Crippen molar-refractivity contribution in [1.82, 2.24) is 0 Å². The van der Waals surface area contributed by atoms with Crippen LogP contribution in [0.1, 0.15) is 0 Å². The lowest BCUT2D eigenvalue weighted by Crippen LogP contribution is -1.75. The van der Waals surface area contributed by atoms with Gasteiger partial charge in [-0.3, -0.25) is 0 Å². The second-order valence-corrected chi connectivity index (χ2v) is 3.51. The molecule has 3 rings (SSSR count). The molecule has 66 valence electrons. The monoisotopic (exact) mass is 192 g/mol. The average Bonchev–Trinajstić information content (AvgIpc) is 2.29. The highest BCUT2D eigenvalue weighted by molar-refractivity contribution is 6.07. The Bertz CT molecular complexity index is 539. The zero-order valence-corrected chi connectivity index (χ0v) is 7.77. The average molecular weight is 192 g/mol. The van der Waals surface area contributed by atoms with Gasteiger partial charge >= 0.3 is 0 Å². The van der Waals surface area contributed by atoms with Crippen LogP contribution in [0.15, 0.2) is 60.7 Å². The Morgan fingerprint density at radius 3 is 1.36 bits per heavy atom. The highest BCUT2D eigenvalue weighted by Crippen LogP contribution is 2.24. The standard InChI is InChI=1S/C14H10/c1-3-7-13-11(5-1)9-10-12-6-2-4-8-14(12)13/h1-10H/i1+1,2+1,3+1,4+1,5+1,6+1,7+1,8+1,9+1,10+1,11+1,12+1,13+1,14+1. The van der Waals surface area contributed by atoms with Crippen molar-refractivity contribution >= 4 is 21.5 Å². The number of benzene rings is 3. The van der Waals surface area contributed by atoms with Crippen LogP contribution in [0.3, 0.4) is 0 Å². The predicted octanol–water partition coefficient (Wildman–Crippen LogP) is 3.99. The smallest absolute Gasteiger partial charge is 0.0105 e.